The third-order valence-corrected chi connectivity index (χ3v) is 4.84. The highest BCUT2D eigenvalue weighted by Crippen LogP contribution is 2.50. The van der Waals surface area contributed by atoms with Gasteiger partial charge in [-0.1, -0.05) is 31.5 Å². The molecule has 0 radical (unpaired) electrons. The number of hydrogen-bond donors (Lipinski definition) is 1. The Morgan fingerprint density at radius 3 is 2.70 bits per heavy atom. The van der Waals surface area contributed by atoms with Crippen LogP contribution in [0.5, 0.6) is 5.75 Å². The summed E-state index contributed by atoms with van der Waals surface area (Å²) in [5, 5.41) is 3.84. The number of para-hydroxylation sites is 1. The van der Waals surface area contributed by atoms with Crippen molar-refractivity contribution in [3.63, 3.8) is 0 Å². The molecule has 0 amide bonds. The van der Waals surface area contributed by atoms with E-state index in [0.29, 0.717) is 11.5 Å². The standard InChI is InChI=1S/C18H27NO/c1-4-9-18(10-11-18)13-19-15-12-17(2,3)20-16-8-6-5-7-14(15)16/h5-8,15,19H,4,9-13H2,1-3H3. The smallest absolute Gasteiger partial charge is 0.124 e. The first kappa shape index (κ1) is 13.9. The lowest BCUT2D eigenvalue weighted by Crippen LogP contribution is -2.40. The van der Waals surface area contributed by atoms with Crippen LogP contribution in [0.15, 0.2) is 24.3 Å². The van der Waals surface area contributed by atoms with Crippen LogP contribution in [0.25, 0.3) is 0 Å². The lowest BCUT2D eigenvalue weighted by molar-refractivity contribution is 0.0648. The molecule has 1 fully saturated rings. The van der Waals surface area contributed by atoms with Crippen molar-refractivity contribution in [1.82, 2.24) is 5.32 Å². The topological polar surface area (TPSA) is 21.3 Å². The highest BCUT2D eigenvalue weighted by atomic mass is 16.5. The van der Waals surface area contributed by atoms with Crippen molar-refractivity contribution in [3.05, 3.63) is 29.8 Å². The molecule has 1 aromatic carbocycles. The molecule has 2 nitrogen and oxygen atoms in total. The Morgan fingerprint density at radius 2 is 2.00 bits per heavy atom. The number of benzene rings is 1. The Labute approximate surface area is 122 Å². The van der Waals surface area contributed by atoms with E-state index in [4.69, 9.17) is 4.74 Å². The van der Waals surface area contributed by atoms with Crippen LogP contribution >= 0.6 is 0 Å². The van der Waals surface area contributed by atoms with Crippen LogP contribution in [-0.2, 0) is 0 Å². The minimum atomic E-state index is -0.0759. The van der Waals surface area contributed by atoms with Crippen LogP contribution < -0.4 is 10.1 Å². The van der Waals surface area contributed by atoms with Gasteiger partial charge in [-0.25, -0.2) is 0 Å². The van der Waals surface area contributed by atoms with Crippen LogP contribution in [0.3, 0.4) is 0 Å². The van der Waals surface area contributed by atoms with Crippen LogP contribution in [0.1, 0.15) is 64.5 Å². The Balaban J connectivity index is 1.72. The van der Waals surface area contributed by atoms with Gasteiger partial charge in [0.2, 0.25) is 0 Å². The SMILES string of the molecule is CCCC1(CNC2CC(C)(C)Oc3ccccc32)CC1. The van der Waals surface area contributed by atoms with E-state index < -0.39 is 0 Å². The summed E-state index contributed by atoms with van der Waals surface area (Å²) >= 11 is 0. The monoisotopic (exact) mass is 273 g/mol. The van der Waals surface area contributed by atoms with E-state index in [1.54, 1.807) is 0 Å². The van der Waals surface area contributed by atoms with Crippen molar-refractivity contribution >= 4 is 0 Å². The summed E-state index contributed by atoms with van der Waals surface area (Å²) < 4.78 is 6.10. The van der Waals surface area contributed by atoms with Crippen molar-refractivity contribution in [2.75, 3.05) is 6.54 Å². The quantitative estimate of drug-likeness (QED) is 0.855. The van der Waals surface area contributed by atoms with Crippen LogP contribution in [0, 0.1) is 5.41 Å². The van der Waals surface area contributed by atoms with Gasteiger partial charge in [0.1, 0.15) is 11.4 Å². The first-order chi connectivity index (χ1) is 9.54. The second kappa shape index (κ2) is 5.07. The van der Waals surface area contributed by atoms with E-state index in [-0.39, 0.29) is 5.60 Å². The highest BCUT2D eigenvalue weighted by molar-refractivity contribution is 5.38. The lowest BCUT2D eigenvalue weighted by Gasteiger charge is -2.38. The molecule has 1 N–H and O–H groups in total. The summed E-state index contributed by atoms with van der Waals surface area (Å²) in [4.78, 5) is 0. The Morgan fingerprint density at radius 1 is 1.25 bits per heavy atom. The Hall–Kier alpha value is -1.02. The number of ether oxygens (including phenoxy) is 1. The summed E-state index contributed by atoms with van der Waals surface area (Å²) in [6, 6.07) is 8.93. The molecule has 1 aromatic rings. The first-order valence-corrected chi connectivity index (χ1v) is 8.05. The molecule has 0 aromatic heterocycles. The summed E-state index contributed by atoms with van der Waals surface area (Å²) in [6.45, 7) is 7.84. The average molecular weight is 273 g/mol. The predicted octanol–water partition coefficient (Wildman–Crippen LogP) is 4.46. The average Bonchev–Trinajstić information content (AvgIpc) is 3.15. The molecule has 1 unspecified atom stereocenters. The second-order valence-electron chi connectivity index (χ2n) is 7.29. The Kier molecular flexibility index (Phi) is 3.53. The molecule has 1 aliphatic heterocycles. The number of fused-ring (bicyclic) bond motifs is 1. The molecule has 0 bridgehead atoms. The maximum atomic E-state index is 6.10. The summed E-state index contributed by atoms with van der Waals surface area (Å²) in [6.07, 6.45) is 6.53. The molecule has 20 heavy (non-hydrogen) atoms. The number of hydrogen-bond acceptors (Lipinski definition) is 2. The van der Waals surface area contributed by atoms with E-state index in [9.17, 15) is 0 Å². The second-order valence-corrected chi connectivity index (χ2v) is 7.29. The maximum absolute atomic E-state index is 6.10. The first-order valence-electron chi connectivity index (χ1n) is 8.05. The van der Waals surface area contributed by atoms with Crippen LogP contribution in [0.4, 0.5) is 0 Å². The van der Waals surface area contributed by atoms with Crippen molar-refractivity contribution in [2.45, 2.75) is 64.5 Å². The zero-order valence-electron chi connectivity index (χ0n) is 13.0. The van der Waals surface area contributed by atoms with Crippen molar-refractivity contribution in [2.24, 2.45) is 5.41 Å². The van der Waals surface area contributed by atoms with Crippen molar-refractivity contribution in [3.8, 4) is 5.75 Å². The fourth-order valence-corrected chi connectivity index (χ4v) is 3.55. The normalized spacial score (nSPS) is 25.6. The molecular formula is C18H27NO. The highest BCUT2D eigenvalue weighted by Gasteiger charge is 2.42. The van der Waals surface area contributed by atoms with Gasteiger partial charge < -0.3 is 10.1 Å². The molecule has 2 aliphatic rings. The lowest BCUT2D eigenvalue weighted by atomic mass is 9.89. The summed E-state index contributed by atoms with van der Waals surface area (Å²) in [5.74, 6) is 1.06. The van der Waals surface area contributed by atoms with E-state index in [0.717, 1.165) is 18.7 Å². The minimum absolute atomic E-state index is 0.0759. The zero-order valence-corrected chi connectivity index (χ0v) is 13.0. The predicted molar refractivity (Wildman–Crippen MR) is 83.1 cm³/mol. The third kappa shape index (κ3) is 2.85. The van der Waals surface area contributed by atoms with Gasteiger partial charge in [-0.05, 0) is 44.6 Å². The van der Waals surface area contributed by atoms with Gasteiger partial charge in [-0.15, -0.1) is 0 Å². The minimum Gasteiger partial charge on any atom is -0.487 e. The largest absolute Gasteiger partial charge is 0.487 e. The summed E-state index contributed by atoms with van der Waals surface area (Å²) in [7, 11) is 0. The van der Waals surface area contributed by atoms with Gasteiger partial charge >= 0.3 is 0 Å². The molecule has 1 saturated carbocycles. The van der Waals surface area contributed by atoms with Crippen molar-refractivity contribution in [1.29, 1.82) is 0 Å². The fourth-order valence-electron chi connectivity index (χ4n) is 3.55. The number of rotatable bonds is 5. The van der Waals surface area contributed by atoms with Gasteiger partial charge in [-0.2, -0.15) is 0 Å². The molecule has 1 aliphatic carbocycles. The molecule has 2 heteroatoms. The maximum Gasteiger partial charge on any atom is 0.124 e. The Bertz CT molecular complexity index is 476. The van der Waals surface area contributed by atoms with Gasteiger partial charge in [0.25, 0.3) is 0 Å². The van der Waals surface area contributed by atoms with Crippen molar-refractivity contribution < 1.29 is 4.74 Å². The molecule has 0 spiro atoms. The van der Waals surface area contributed by atoms with E-state index in [1.165, 1.54) is 31.2 Å². The molecule has 3 rings (SSSR count). The van der Waals surface area contributed by atoms with Gasteiger partial charge in [0.15, 0.2) is 0 Å². The van der Waals surface area contributed by atoms with Crippen LogP contribution in [0.2, 0.25) is 0 Å². The van der Waals surface area contributed by atoms with E-state index in [1.807, 2.05) is 0 Å². The molecule has 1 atom stereocenters. The van der Waals surface area contributed by atoms with Gasteiger partial charge in [0, 0.05) is 24.6 Å². The van der Waals surface area contributed by atoms with Gasteiger partial charge in [-0.3, -0.25) is 0 Å². The van der Waals surface area contributed by atoms with E-state index in [2.05, 4.69) is 50.4 Å². The molecular weight excluding hydrogens is 246 g/mol. The van der Waals surface area contributed by atoms with E-state index >= 15 is 0 Å². The summed E-state index contributed by atoms with van der Waals surface area (Å²) in [5.41, 5.74) is 1.86. The number of nitrogens with one attached hydrogen (secondary N) is 1. The molecule has 1 heterocycles. The zero-order chi connectivity index (χ0) is 14.2. The van der Waals surface area contributed by atoms with Crippen LogP contribution in [-0.4, -0.2) is 12.1 Å². The fraction of sp³-hybridized carbons (Fsp3) is 0.667. The van der Waals surface area contributed by atoms with Gasteiger partial charge in [0.05, 0.1) is 0 Å². The molecule has 110 valence electrons. The molecule has 0 saturated heterocycles. The third-order valence-electron chi connectivity index (χ3n) is 4.84.